The highest BCUT2D eigenvalue weighted by molar-refractivity contribution is 5.97. The Kier molecular flexibility index (Phi) is 3.71. The fourth-order valence-electron chi connectivity index (χ4n) is 1.81. The van der Waals surface area contributed by atoms with E-state index in [1.165, 1.54) is 0 Å². The molecule has 4 heteroatoms. The van der Waals surface area contributed by atoms with Gasteiger partial charge in [-0.1, -0.05) is 30.3 Å². The summed E-state index contributed by atoms with van der Waals surface area (Å²) in [6, 6.07) is 12.4. The lowest BCUT2D eigenvalue weighted by Gasteiger charge is -2.09. The molecule has 0 unspecified atom stereocenters. The molecule has 4 N–H and O–H groups in total. The van der Waals surface area contributed by atoms with Gasteiger partial charge in [0.2, 0.25) is 0 Å². The van der Waals surface area contributed by atoms with Gasteiger partial charge in [0.05, 0.1) is 5.56 Å². The second kappa shape index (κ2) is 5.44. The van der Waals surface area contributed by atoms with Crippen molar-refractivity contribution in [1.82, 2.24) is 5.32 Å². The lowest BCUT2D eigenvalue weighted by atomic mass is 10.1. The zero-order chi connectivity index (χ0) is 13.8. The van der Waals surface area contributed by atoms with Gasteiger partial charge in [-0.05, 0) is 30.2 Å². The molecule has 0 aromatic heterocycles. The number of benzene rings is 2. The Bertz CT molecular complexity index is 609. The van der Waals surface area contributed by atoms with Crippen LogP contribution in [0.3, 0.4) is 0 Å². The average molecular weight is 256 g/mol. The number of phenolic OH excluding ortho intramolecular Hbond substituents is 1. The van der Waals surface area contributed by atoms with Crippen LogP contribution in [0.15, 0.2) is 42.5 Å². The summed E-state index contributed by atoms with van der Waals surface area (Å²) in [5.74, 6) is -0.300. The second-order valence-corrected chi connectivity index (χ2v) is 4.35. The number of nitrogens with one attached hydrogen (secondary N) is 1. The largest absolute Gasteiger partial charge is 0.507 e. The number of rotatable bonds is 3. The number of carbonyl (C=O) groups is 1. The molecule has 0 fully saturated rings. The van der Waals surface area contributed by atoms with Crippen molar-refractivity contribution in [3.05, 3.63) is 59.2 Å². The van der Waals surface area contributed by atoms with E-state index in [2.05, 4.69) is 5.32 Å². The highest BCUT2D eigenvalue weighted by atomic mass is 16.3. The molecule has 0 atom stereocenters. The highest BCUT2D eigenvalue weighted by Gasteiger charge is 2.12. The molecular formula is C15H16N2O2. The quantitative estimate of drug-likeness (QED) is 0.737. The third-order valence-electron chi connectivity index (χ3n) is 2.98. The van der Waals surface area contributed by atoms with Gasteiger partial charge in [0.1, 0.15) is 5.75 Å². The van der Waals surface area contributed by atoms with Crippen molar-refractivity contribution in [2.75, 3.05) is 5.73 Å². The number of anilines is 1. The molecule has 0 heterocycles. The second-order valence-electron chi connectivity index (χ2n) is 4.35. The summed E-state index contributed by atoms with van der Waals surface area (Å²) in [6.45, 7) is 2.08. The molecule has 2 rings (SSSR count). The molecule has 0 aliphatic rings. The summed E-state index contributed by atoms with van der Waals surface area (Å²) in [5.41, 5.74) is 8.23. The number of aryl methyl sites for hydroxylation is 1. The number of carbonyl (C=O) groups excluding carboxylic acids is 1. The number of hydrogen-bond acceptors (Lipinski definition) is 3. The number of aromatic hydroxyl groups is 1. The van der Waals surface area contributed by atoms with Crippen molar-refractivity contribution >= 4 is 11.6 Å². The summed E-state index contributed by atoms with van der Waals surface area (Å²) in [5, 5.41) is 12.6. The van der Waals surface area contributed by atoms with E-state index in [1.54, 1.807) is 31.2 Å². The van der Waals surface area contributed by atoms with Gasteiger partial charge in [0.15, 0.2) is 0 Å². The van der Waals surface area contributed by atoms with Gasteiger partial charge in [-0.2, -0.15) is 0 Å². The van der Waals surface area contributed by atoms with Crippen LogP contribution < -0.4 is 11.1 Å². The molecule has 98 valence electrons. The van der Waals surface area contributed by atoms with Crippen LogP contribution >= 0.6 is 0 Å². The molecular weight excluding hydrogens is 240 g/mol. The SMILES string of the molecule is Cc1cccc(C(=O)NCc2ccccc2N)c1O. The topological polar surface area (TPSA) is 75.4 Å². The zero-order valence-corrected chi connectivity index (χ0v) is 10.7. The maximum absolute atomic E-state index is 12.0. The highest BCUT2D eigenvalue weighted by Crippen LogP contribution is 2.21. The third-order valence-corrected chi connectivity index (χ3v) is 2.98. The normalized spacial score (nSPS) is 10.2. The standard InChI is InChI=1S/C15H16N2O2/c1-10-5-4-7-12(14(10)18)15(19)17-9-11-6-2-3-8-13(11)16/h2-8,18H,9,16H2,1H3,(H,17,19). The van der Waals surface area contributed by atoms with E-state index in [4.69, 9.17) is 5.73 Å². The Balaban J connectivity index is 2.10. The van der Waals surface area contributed by atoms with Crippen LogP contribution in [0.25, 0.3) is 0 Å². The van der Waals surface area contributed by atoms with Gasteiger partial charge in [-0.3, -0.25) is 4.79 Å². The van der Waals surface area contributed by atoms with Crippen molar-refractivity contribution in [3.63, 3.8) is 0 Å². The molecule has 19 heavy (non-hydrogen) atoms. The van der Waals surface area contributed by atoms with Crippen molar-refractivity contribution in [2.45, 2.75) is 13.5 Å². The number of para-hydroxylation sites is 2. The lowest BCUT2D eigenvalue weighted by Crippen LogP contribution is -2.23. The molecule has 0 aliphatic carbocycles. The molecule has 0 radical (unpaired) electrons. The summed E-state index contributed by atoms with van der Waals surface area (Å²) in [6.07, 6.45) is 0. The first-order chi connectivity index (χ1) is 9.09. The van der Waals surface area contributed by atoms with Crippen LogP contribution in [0, 0.1) is 6.92 Å². The minimum Gasteiger partial charge on any atom is -0.507 e. The Hall–Kier alpha value is -2.49. The molecule has 0 aliphatic heterocycles. The van der Waals surface area contributed by atoms with Gasteiger partial charge in [-0.25, -0.2) is 0 Å². The van der Waals surface area contributed by atoms with Crippen molar-refractivity contribution in [3.8, 4) is 5.75 Å². The minimum absolute atomic E-state index is 0.0148. The van der Waals surface area contributed by atoms with Gasteiger partial charge in [0, 0.05) is 12.2 Å². The Morgan fingerprint density at radius 3 is 2.68 bits per heavy atom. The third kappa shape index (κ3) is 2.85. The first-order valence-electron chi connectivity index (χ1n) is 5.99. The minimum atomic E-state index is -0.315. The maximum atomic E-state index is 12.0. The summed E-state index contributed by atoms with van der Waals surface area (Å²) in [4.78, 5) is 12.0. The smallest absolute Gasteiger partial charge is 0.255 e. The number of nitrogen functional groups attached to an aromatic ring is 1. The van der Waals surface area contributed by atoms with E-state index in [1.807, 2.05) is 18.2 Å². The fourth-order valence-corrected chi connectivity index (χ4v) is 1.81. The van der Waals surface area contributed by atoms with E-state index in [-0.39, 0.29) is 17.2 Å². The van der Waals surface area contributed by atoms with Gasteiger partial charge < -0.3 is 16.2 Å². The van der Waals surface area contributed by atoms with Crippen LogP contribution in [0.5, 0.6) is 5.75 Å². The Labute approximate surface area is 111 Å². The lowest BCUT2D eigenvalue weighted by molar-refractivity contribution is 0.0948. The predicted octanol–water partition coefficient (Wildman–Crippen LogP) is 2.21. The van der Waals surface area contributed by atoms with Crippen LogP contribution in [-0.2, 0) is 6.54 Å². The summed E-state index contributed by atoms with van der Waals surface area (Å²) < 4.78 is 0. The number of hydrogen-bond donors (Lipinski definition) is 3. The molecule has 0 saturated heterocycles. The maximum Gasteiger partial charge on any atom is 0.255 e. The zero-order valence-electron chi connectivity index (χ0n) is 10.7. The molecule has 0 spiro atoms. The number of amides is 1. The van der Waals surface area contributed by atoms with E-state index in [0.29, 0.717) is 17.8 Å². The van der Waals surface area contributed by atoms with Crippen LogP contribution in [0.4, 0.5) is 5.69 Å². The monoisotopic (exact) mass is 256 g/mol. The van der Waals surface area contributed by atoms with E-state index < -0.39 is 0 Å². The Morgan fingerprint density at radius 1 is 1.21 bits per heavy atom. The molecule has 0 saturated carbocycles. The molecule has 4 nitrogen and oxygen atoms in total. The number of nitrogens with two attached hydrogens (primary N) is 1. The first kappa shape index (κ1) is 13.0. The molecule has 2 aromatic rings. The summed E-state index contributed by atoms with van der Waals surface area (Å²) in [7, 11) is 0. The average Bonchev–Trinajstić information content (AvgIpc) is 2.40. The predicted molar refractivity (Wildman–Crippen MR) is 74.9 cm³/mol. The molecule has 0 bridgehead atoms. The Morgan fingerprint density at radius 2 is 1.95 bits per heavy atom. The molecule has 2 aromatic carbocycles. The van der Waals surface area contributed by atoms with Crippen LogP contribution in [0.1, 0.15) is 21.5 Å². The van der Waals surface area contributed by atoms with E-state index >= 15 is 0 Å². The van der Waals surface area contributed by atoms with Crippen molar-refractivity contribution in [2.24, 2.45) is 0 Å². The van der Waals surface area contributed by atoms with Crippen molar-refractivity contribution < 1.29 is 9.90 Å². The number of phenols is 1. The summed E-state index contributed by atoms with van der Waals surface area (Å²) >= 11 is 0. The first-order valence-corrected chi connectivity index (χ1v) is 5.99. The van der Waals surface area contributed by atoms with Gasteiger partial charge in [-0.15, -0.1) is 0 Å². The van der Waals surface area contributed by atoms with Crippen LogP contribution in [-0.4, -0.2) is 11.0 Å². The van der Waals surface area contributed by atoms with Crippen molar-refractivity contribution in [1.29, 1.82) is 0 Å². The van der Waals surface area contributed by atoms with Crippen LogP contribution in [0.2, 0.25) is 0 Å². The van der Waals surface area contributed by atoms with Gasteiger partial charge in [0.25, 0.3) is 5.91 Å². The van der Waals surface area contributed by atoms with Gasteiger partial charge >= 0.3 is 0 Å². The van der Waals surface area contributed by atoms with E-state index in [0.717, 1.165) is 5.56 Å². The fraction of sp³-hybridized carbons (Fsp3) is 0.133. The van der Waals surface area contributed by atoms with E-state index in [9.17, 15) is 9.90 Å². The molecule has 1 amide bonds.